The quantitative estimate of drug-likeness (QED) is 0.895. The lowest BCUT2D eigenvalue weighted by atomic mass is 10.3. The molecule has 2 aromatic heterocycles. The van der Waals surface area contributed by atoms with Gasteiger partial charge in [0.05, 0.1) is 18.4 Å². The number of nitrogens with one attached hydrogen (secondary N) is 1. The number of pyridine rings is 1. The van der Waals surface area contributed by atoms with E-state index in [1.807, 2.05) is 4.98 Å². The first-order valence-electron chi connectivity index (χ1n) is 4.66. The van der Waals surface area contributed by atoms with Crippen molar-refractivity contribution in [2.75, 3.05) is 0 Å². The molecular formula is C10H7BrFN3O2. The van der Waals surface area contributed by atoms with Gasteiger partial charge in [0.25, 0.3) is 5.56 Å². The predicted octanol–water partition coefficient (Wildman–Crippen LogP) is 0.881. The molecule has 0 aliphatic rings. The molecule has 7 heteroatoms. The predicted molar refractivity (Wildman–Crippen MR) is 62.3 cm³/mol. The van der Waals surface area contributed by atoms with Crippen LogP contribution < -0.4 is 11.2 Å². The van der Waals surface area contributed by atoms with Crippen LogP contribution in [0.15, 0.2) is 38.6 Å². The molecular weight excluding hydrogens is 293 g/mol. The Labute approximate surface area is 103 Å². The zero-order chi connectivity index (χ0) is 12.4. The van der Waals surface area contributed by atoms with E-state index in [1.54, 1.807) is 18.3 Å². The molecule has 0 radical (unpaired) electrons. The van der Waals surface area contributed by atoms with Gasteiger partial charge in [-0.3, -0.25) is 19.3 Å². The molecule has 0 amide bonds. The second kappa shape index (κ2) is 4.62. The van der Waals surface area contributed by atoms with E-state index in [1.165, 1.54) is 0 Å². The third-order valence-electron chi connectivity index (χ3n) is 2.09. The highest BCUT2D eigenvalue weighted by molar-refractivity contribution is 9.10. The molecule has 0 saturated heterocycles. The normalized spacial score (nSPS) is 10.5. The standard InChI is InChI=1S/C10H7BrFN3O2/c11-6-1-2-7(13-3-6)4-15-5-8(12)9(16)14-10(15)17/h1-3,5H,4H2,(H,14,16,17). The molecule has 0 aliphatic heterocycles. The molecule has 0 spiro atoms. The molecule has 0 bridgehead atoms. The van der Waals surface area contributed by atoms with E-state index in [4.69, 9.17) is 0 Å². The van der Waals surface area contributed by atoms with Crippen LogP contribution in [0.2, 0.25) is 0 Å². The van der Waals surface area contributed by atoms with Crippen molar-refractivity contribution in [3.8, 4) is 0 Å². The zero-order valence-corrected chi connectivity index (χ0v) is 10.1. The highest BCUT2D eigenvalue weighted by Crippen LogP contribution is 2.07. The minimum Gasteiger partial charge on any atom is -0.292 e. The molecule has 2 aromatic rings. The van der Waals surface area contributed by atoms with Crippen LogP contribution in [0.1, 0.15) is 5.69 Å². The second-order valence-corrected chi connectivity index (χ2v) is 4.25. The van der Waals surface area contributed by atoms with E-state index in [2.05, 4.69) is 20.9 Å². The Morgan fingerprint density at radius 3 is 2.82 bits per heavy atom. The van der Waals surface area contributed by atoms with Crippen LogP contribution in [0.3, 0.4) is 0 Å². The lowest BCUT2D eigenvalue weighted by Gasteiger charge is -2.04. The van der Waals surface area contributed by atoms with E-state index >= 15 is 0 Å². The fraction of sp³-hybridized carbons (Fsp3) is 0.100. The average Bonchev–Trinajstić information content (AvgIpc) is 2.29. The number of H-pyrrole nitrogens is 1. The Morgan fingerprint density at radius 1 is 1.41 bits per heavy atom. The highest BCUT2D eigenvalue weighted by Gasteiger charge is 2.04. The summed E-state index contributed by atoms with van der Waals surface area (Å²) in [6.07, 6.45) is 2.44. The van der Waals surface area contributed by atoms with Crippen LogP contribution in [-0.2, 0) is 6.54 Å². The molecule has 0 aliphatic carbocycles. The van der Waals surface area contributed by atoms with Gasteiger partial charge in [0.15, 0.2) is 0 Å². The van der Waals surface area contributed by atoms with Gasteiger partial charge < -0.3 is 0 Å². The first-order valence-corrected chi connectivity index (χ1v) is 5.45. The second-order valence-electron chi connectivity index (χ2n) is 3.33. The number of aromatic nitrogens is 3. The topological polar surface area (TPSA) is 67.8 Å². The number of hydrogen-bond acceptors (Lipinski definition) is 3. The van der Waals surface area contributed by atoms with Gasteiger partial charge in [0, 0.05) is 10.7 Å². The Morgan fingerprint density at radius 2 is 2.18 bits per heavy atom. The van der Waals surface area contributed by atoms with Crippen molar-refractivity contribution in [1.82, 2.24) is 14.5 Å². The van der Waals surface area contributed by atoms with Crippen molar-refractivity contribution in [2.24, 2.45) is 0 Å². The summed E-state index contributed by atoms with van der Waals surface area (Å²) in [5, 5.41) is 0. The fourth-order valence-corrected chi connectivity index (χ4v) is 1.51. The van der Waals surface area contributed by atoms with Gasteiger partial charge in [-0.05, 0) is 28.1 Å². The number of nitrogens with zero attached hydrogens (tertiary/aromatic N) is 2. The summed E-state index contributed by atoms with van der Waals surface area (Å²) >= 11 is 3.23. The lowest BCUT2D eigenvalue weighted by Crippen LogP contribution is -2.31. The maximum absolute atomic E-state index is 13.0. The van der Waals surface area contributed by atoms with Gasteiger partial charge >= 0.3 is 5.69 Å². The van der Waals surface area contributed by atoms with Gasteiger partial charge in [-0.2, -0.15) is 4.39 Å². The van der Waals surface area contributed by atoms with Crippen molar-refractivity contribution >= 4 is 15.9 Å². The van der Waals surface area contributed by atoms with E-state index in [0.29, 0.717) is 5.69 Å². The molecule has 2 rings (SSSR count). The van der Waals surface area contributed by atoms with E-state index in [0.717, 1.165) is 15.2 Å². The van der Waals surface area contributed by atoms with Crippen LogP contribution >= 0.6 is 15.9 Å². The maximum Gasteiger partial charge on any atom is 0.328 e. The van der Waals surface area contributed by atoms with Gasteiger partial charge in [0.2, 0.25) is 5.82 Å². The average molecular weight is 300 g/mol. The Kier molecular flexibility index (Phi) is 3.19. The van der Waals surface area contributed by atoms with Crippen LogP contribution in [0.25, 0.3) is 0 Å². The van der Waals surface area contributed by atoms with Crippen molar-refractivity contribution in [2.45, 2.75) is 6.54 Å². The van der Waals surface area contributed by atoms with Crippen LogP contribution in [0.4, 0.5) is 4.39 Å². The summed E-state index contributed by atoms with van der Waals surface area (Å²) < 4.78 is 14.8. The van der Waals surface area contributed by atoms with Gasteiger partial charge in [0.1, 0.15) is 0 Å². The SMILES string of the molecule is O=c1[nH]c(=O)n(Cc2ccc(Br)cn2)cc1F. The molecule has 5 nitrogen and oxygen atoms in total. The summed E-state index contributed by atoms with van der Waals surface area (Å²) in [7, 11) is 0. The summed E-state index contributed by atoms with van der Waals surface area (Å²) in [5.41, 5.74) is -1.10. The summed E-state index contributed by atoms with van der Waals surface area (Å²) in [6.45, 7) is 0.0970. The minimum absolute atomic E-state index is 0.0970. The number of rotatable bonds is 2. The van der Waals surface area contributed by atoms with Gasteiger partial charge in [-0.25, -0.2) is 4.79 Å². The Bertz CT molecular complexity index is 648. The van der Waals surface area contributed by atoms with Crippen LogP contribution in [0.5, 0.6) is 0 Å². The molecule has 0 aromatic carbocycles. The van der Waals surface area contributed by atoms with E-state index < -0.39 is 17.1 Å². The lowest BCUT2D eigenvalue weighted by molar-refractivity contribution is 0.564. The largest absolute Gasteiger partial charge is 0.328 e. The molecule has 1 N–H and O–H groups in total. The van der Waals surface area contributed by atoms with E-state index in [-0.39, 0.29) is 6.54 Å². The van der Waals surface area contributed by atoms with Crippen molar-refractivity contribution in [3.63, 3.8) is 0 Å². The summed E-state index contributed by atoms with van der Waals surface area (Å²) in [5.74, 6) is -0.998. The van der Waals surface area contributed by atoms with Gasteiger partial charge in [-0.15, -0.1) is 0 Å². The number of aromatic amines is 1. The minimum atomic E-state index is -1.02. The Hall–Kier alpha value is -1.76. The smallest absolute Gasteiger partial charge is 0.292 e. The molecule has 17 heavy (non-hydrogen) atoms. The molecule has 0 fully saturated rings. The molecule has 0 unspecified atom stereocenters. The van der Waals surface area contributed by atoms with E-state index in [9.17, 15) is 14.0 Å². The maximum atomic E-state index is 13.0. The highest BCUT2D eigenvalue weighted by atomic mass is 79.9. The molecule has 0 saturated carbocycles. The van der Waals surface area contributed by atoms with Crippen LogP contribution in [-0.4, -0.2) is 14.5 Å². The number of hydrogen-bond donors (Lipinski definition) is 1. The van der Waals surface area contributed by atoms with Crippen molar-refractivity contribution in [3.05, 3.63) is 61.3 Å². The summed E-state index contributed by atoms with van der Waals surface area (Å²) in [6, 6.07) is 3.45. The fourth-order valence-electron chi connectivity index (χ4n) is 1.27. The van der Waals surface area contributed by atoms with Crippen molar-refractivity contribution in [1.29, 1.82) is 0 Å². The number of halogens is 2. The monoisotopic (exact) mass is 299 g/mol. The van der Waals surface area contributed by atoms with Crippen LogP contribution in [0, 0.1) is 5.82 Å². The Balaban J connectivity index is 2.36. The summed E-state index contributed by atoms with van der Waals surface area (Å²) in [4.78, 5) is 28.1. The van der Waals surface area contributed by atoms with Crippen molar-refractivity contribution < 1.29 is 4.39 Å². The first kappa shape index (κ1) is 11.7. The third kappa shape index (κ3) is 2.68. The van der Waals surface area contributed by atoms with Gasteiger partial charge in [-0.1, -0.05) is 0 Å². The molecule has 0 atom stereocenters. The molecule has 88 valence electrons. The zero-order valence-electron chi connectivity index (χ0n) is 8.48. The third-order valence-corrected chi connectivity index (χ3v) is 2.56. The first-order chi connectivity index (χ1) is 8.06. The molecule has 2 heterocycles.